The number of aryl methyl sites for hydroxylation is 1. The van der Waals surface area contributed by atoms with Crippen molar-refractivity contribution in [3.63, 3.8) is 0 Å². The van der Waals surface area contributed by atoms with E-state index >= 15 is 0 Å². The van der Waals surface area contributed by atoms with Crippen molar-refractivity contribution >= 4 is 24.5 Å². The number of para-hydroxylation sites is 2. The summed E-state index contributed by atoms with van der Waals surface area (Å²) in [7, 11) is -1.13. The van der Waals surface area contributed by atoms with Crippen molar-refractivity contribution in [3.05, 3.63) is 46.1 Å². The maximum Gasteiger partial charge on any atom is 0.276 e. The smallest absolute Gasteiger partial charge is 0.276 e. The minimum Gasteiger partial charge on any atom is -0.326 e. The van der Waals surface area contributed by atoms with Crippen LogP contribution in [0.4, 0.5) is 0 Å². The van der Waals surface area contributed by atoms with Crippen molar-refractivity contribution in [2.45, 2.75) is 6.92 Å². The Labute approximate surface area is 117 Å². The molecule has 0 N–H and O–H groups in total. The predicted molar refractivity (Wildman–Crippen MR) is 81.2 cm³/mol. The fourth-order valence-corrected chi connectivity index (χ4v) is 2.93. The van der Waals surface area contributed by atoms with Gasteiger partial charge in [0.1, 0.15) is 5.69 Å². The topological polar surface area (TPSA) is 61.2 Å². The van der Waals surface area contributed by atoms with Gasteiger partial charge in [0.25, 0.3) is 5.56 Å². The van der Waals surface area contributed by atoms with E-state index in [-0.39, 0.29) is 11.3 Å². The molecule has 0 amide bonds. The zero-order valence-electron chi connectivity index (χ0n) is 11.7. The predicted octanol–water partition coefficient (Wildman–Crippen LogP) is 2.85. The molecule has 0 fully saturated rings. The minimum absolute atomic E-state index is 0.226. The lowest BCUT2D eigenvalue weighted by molar-refractivity contribution is 0.344. The Kier molecular flexibility index (Phi) is 4.21. The summed E-state index contributed by atoms with van der Waals surface area (Å²) in [6, 6.07) is 7.38. The molecule has 1 aromatic heterocycles. The van der Waals surface area contributed by atoms with Crippen molar-refractivity contribution < 1.29 is 9.09 Å². The van der Waals surface area contributed by atoms with Crippen LogP contribution in [0.15, 0.2) is 34.9 Å². The maximum absolute atomic E-state index is 12.2. The van der Waals surface area contributed by atoms with E-state index in [9.17, 15) is 9.36 Å². The van der Waals surface area contributed by atoms with Crippen molar-refractivity contribution in [2.24, 2.45) is 7.05 Å². The lowest BCUT2D eigenvalue weighted by Gasteiger charge is -2.07. The molecule has 2 rings (SSSR count). The van der Waals surface area contributed by atoms with E-state index in [4.69, 9.17) is 4.52 Å². The number of fused-ring (bicyclic) bond motifs is 1. The second-order valence-electron chi connectivity index (χ2n) is 4.49. The Balaban J connectivity index is 2.51. The van der Waals surface area contributed by atoms with Crippen LogP contribution >= 0.6 is 7.37 Å². The summed E-state index contributed by atoms with van der Waals surface area (Å²) in [5, 5.41) is 0. The number of rotatable bonds is 4. The number of nitrogens with zero attached hydrogens (tertiary/aromatic N) is 2. The second kappa shape index (κ2) is 5.73. The van der Waals surface area contributed by atoms with E-state index in [1.165, 1.54) is 23.1 Å². The summed E-state index contributed by atoms with van der Waals surface area (Å²) in [4.78, 5) is 16.5. The second-order valence-corrected chi connectivity index (χ2v) is 6.87. The van der Waals surface area contributed by atoms with E-state index in [2.05, 4.69) is 4.98 Å². The van der Waals surface area contributed by atoms with Crippen LogP contribution in [0, 0.1) is 0 Å². The quantitative estimate of drug-likeness (QED) is 0.813. The Morgan fingerprint density at radius 2 is 2.10 bits per heavy atom. The Morgan fingerprint density at radius 1 is 1.40 bits per heavy atom. The molecular formula is C14H17N2O3P. The first-order chi connectivity index (χ1) is 9.44. The van der Waals surface area contributed by atoms with E-state index in [1.807, 2.05) is 24.3 Å². The molecule has 0 saturated carbocycles. The highest BCUT2D eigenvalue weighted by atomic mass is 31.2. The SMILES string of the molecule is CCOP(C)(=O)/C=C/c1nc2ccccc2n(C)c1=O. The van der Waals surface area contributed by atoms with Gasteiger partial charge in [0.2, 0.25) is 7.37 Å². The Morgan fingerprint density at radius 3 is 2.80 bits per heavy atom. The van der Waals surface area contributed by atoms with E-state index in [0.29, 0.717) is 6.61 Å². The summed E-state index contributed by atoms with van der Waals surface area (Å²) in [6.45, 7) is 3.65. The van der Waals surface area contributed by atoms with Gasteiger partial charge in [0, 0.05) is 19.5 Å². The summed E-state index contributed by atoms with van der Waals surface area (Å²) in [5.74, 6) is 1.43. The monoisotopic (exact) mass is 292 g/mol. The molecular weight excluding hydrogens is 275 g/mol. The molecule has 0 radical (unpaired) electrons. The fraction of sp³-hybridized carbons (Fsp3) is 0.286. The van der Waals surface area contributed by atoms with Crippen LogP contribution in [0.5, 0.6) is 0 Å². The largest absolute Gasteiger partial charge is 0.326 e. The van der Waals surface area contributed by atoms with Crippen molar-refractivity contribution in [1.29, 1.82) is 0 Å². The normalized spacial score (nSPS) is 14.8. The van der Waals surface area contributed by atoms with Gasteiger partial charge in [0.15, 0.2) is 0 Å². The van der Waals surface area contributed by atoms with Gasteiger partial charge < -0.3 is 9.09 Å². The molecule has 0 spiro atoms. The van der Waals surface area contributed by atoms with Gasteiger partial charge >= 0.3 is 0 Å². The van der Waals surface area contributed by atoms with Gasteiger partial charge in [-0.1, -0.05) is 12.1 Å². The van der Waals surface area contributed by atoms with Gasteiger partial charge in [-0.25, -0.2) is 4.98 Å². The molecule has 1 heterocycles. The van der Waals surface area contributed by atoms with Crippen LogP contribution in [0.25, 0.3) is 17.1 Å². The highest BCUT2D eigenvalue weighted by Crippen LogP contribution is 2.44. The highest BCUT2D eigenvalue weighted by Gasteiger charge is 2.11. The standard InChI is InChI=1S/C14H17N2O3P/c1-4-19-20(3,18)10-9-12-14(17)16(2)13-8-6-5-7-11(13)15-12/h5-10H,4H2,1-3H3/b10-9+. The van der Waals surface area contributed by atoms with Crippen LogP contribution < -0.4 is 5.56 Å². The Bertz CT molecular complexity index is 765. The molecule has 6 heteroatoms. The van der Waals surface area contributed by atoms with Crippen molar-refractivity contribution in [3.8, 4) is 0 Å². The van der Waals surface area contributed by atoms with Crippen LogP contribution in [0.1, 0.15) is 12.6 Å². The van der Waals surface area contributed by atoms with Crippen LogP contribution in [0.3, 0.4) is 0 Å². The molecule has 1 unspecified atom stereocenters. The first kappa shape index (κ1) is 14.7. The zero-order valence-corrected chi connectivity index (χ0v) is 12.6. The first-order valence-corrected chi connectivity index (χ1v) is 8.45. The molecule has 2 aromatic rings. The number of benzene rings is 1. The summed E-state index contributed by atoms with van der Waals surface area (Å²) in [5.41, 5.74) is 1.51. The molecule has 0 aliphatic heterocycles. The average Bonchev–Trinajstić information content (AvgIpc) is 2.41. The lowest BCUT2D eigenvalue weighted by Crippen LogP contribution is -2.21. The molecule has 5 nitrogen and oxygen atoms in total. The number of hydrogen-bond acceptors (Lipinski definition) is 4. The van der Waals surface area contributed by atoms with Gasteiger partial charge in [-0.3, -0.25) is 9.36 Å². The number of hydrogen-bond donors (Lipinski definition) is 0. The average molecular weight is 292 g/mol. The highest BCUT2D eigenvalue weighted by molar-refractivity contribution is 7.61. The van der Waals surface area contributed by atoms with Gasteiger partial charge in [-0.05, 0) is 25.1 Å². The molecule has 106 valence electrons. The minimum atomic E-state index is -2.82. The van der Waals surface area contributed by atoms with E-state index in [1.54, 1.807) is 14.0 Å². The molecule has 0 aliphatic carbocycles. The maximum atomic E-state index is 12.2. The molecule has 0 aliphatic rings. The molecule has 20 heavy (non-hydrogen) atoms. The molecule has 0 bridgehead atoms. The Hall–Kier alpha value is -1.71. The van der Waals surface area contributed by atoms with Crippen molar-refractivity contribution in [1.82, 2.24) is 9.55 Å². The van der Waals surface area contributed by atoms with Gasteiger partial charge in [-0.15, -0.1) is 0 Å². The molecule has 0 saturated heterocycles. The fourth-order valence-electron chi connectivity index (χ4n) is 1.92. The zero-order chi connectivity index (χ0) is 14.8. The third-order valence-corrected chi connectivity index (χ3v) is 4.36. The lowest BCUT2D eigenvalue weighted by atomic mass is 10.3. The van der Waals surface area contributed by atoms with Crippen molar-refractivity contribution in [2.75, 3.05) is 13.3 Å². The first-order valence-electron chi connectivity index (χ1n) is 6.31. The van der Waals surface area contributed by atoms with Crippen LogP contribution in [-0.4, -0.2) is 22.8 Å². The number of aromatic nitrogens is 2. The van der Waals surface area contributed by atoms with E-state index < -0.39 is 7.37 Å². The van der Waals surface area contributed by atoms with Crippen LogP contribution in [-0.2, 0) is 16.1 Å². The van der Waals surface area contributed by atoms with Crippen LogP contribution in [0.2, 0.25) is 0 Å². The third kappa shape index (κ3) is 3.06. The summed E-state index contributed by atoms with van der Waals surface area (Å²) >= 11 is 0. The third-order valence-electron chi connectivity index (χ3n) is 2.90. The van der Waals surface area contributed by atoms with E-state index in [0.717, 1.165) is 11.0 Å². The molecule has 1 atom stereocenters. The summed E-state index contributed by atoms with van der Waals surface area (Å²) in [6.07, 6.45) is 1.48. The van der Waals surface area contributed by atoms with Gasteiger partial charge in [-0.2, -0.15) is 0 Å². The van der Waals surface area contributed by atoms with Gasteiger partial charge in [0.05, 0.1) is 17.6 Å². The summed E-state index contributed by atoms with van der Waals surface area (Å²) < 4.78 is 18.7. The molecule has 1 aromatic carbocycles.